The van der Waals surface area contributed by atoms with E-state index in [2.05, 4.69) is 6.92 Å². The third kappa shape index (κ3) is 8.22. The number of rotatable bonds is 14. The van der Waals surface area contributed by atoms with Gasteiger partial charge in [0.25, 0.3) is 5.97 Å². The van der Waals surface area contributed by atoms with E-state index in [9.17, 15) is 4.39 Å². The lowest BCUT2D eigenvalue weighted by atomic mass is 10.1. The molecule has 0 saturated carbocycles. The van der Waals surface area contributed by atoms with Gasteiger partial charge in [0, 0.05) is 20.6 Å². The van der Waals surface area contributed by atoms with Crippen molar-refractivity contribution in [2.45, 2.75) is 70.7 Å². The normalized spacial score (nSPS) is 11.8. The lowest BCUT2D eigenvalue weighted by Gasteiger charge is -2.30. The minimum atomic E-state index is -0.969. The molecule has 138 valence electrons. The monoisotopic (exact) mass is 340 g/mol. The maximum absolute atomic E-state index is 12.9. The van der Waals surface area contributed by atoms with Crippen molar-refractivity contribution < 1.29 is 18.6 Å². The number of hydrogen-bond donors (Lipinski definition) is 0. The van der Waals surface area contributed by atoms with Crippen molar-refractivity contribution in [3.05, 3.63) is 35.6 Å². The zero-order valence-corrected chi connectivity index (χ0v) is 15.5. The summed E-state index contributed by atoms with van der Waals surface area (Å²) < 4.78 is 29.7. The second kappa shape index (κ2) is 12.4. The van der Waals surface area contributed by atoms with Crippen LogP contribution in [0.2, 0.25) is 0 Å². The summed E-state index contributed by atoms with van der Waals surface area (Å²) in [6.07, 6.45) is 10.1. The first kappa shape index (κ1) is 21.1. The Morgan fingerprint density at radius 2 is 1.46 bits per heavy atom. The third-order valence-electron chi connectivity index (χ3n) is 4.33. The van der Waals surface area contributed by atoms with E-state index in [0.29, 0.717) is 13.0 Å². The predicted octanol–water partition coefficient (Wildman–Crippen LogP) is 5.47. The average molecular weight is 340 g/mol. The molecule has 0 saturated heterocycles. The Balaban J connectivity index is 2.28. The van der Waals surface area contributed by atoms with Gasteiger partial charge >= 0.3 is 0 Å². The van der Waals surface area contributed by atoms with Gasteiger partial charge in [0.15, 0.2) is 0 Å². The molecule has 0 radical (unpaired) electrons. The number of unbranched alkanes of at least 4 members (excludes halogenated alkanes) is 6. The molecule has 1 aromatic rings. The van der Waals surface area contributed by atoms with Crippen LogP contribution in [0.25, 0.3) is 0 Å². The van der Waals surface area contributed by atoms with E-state index in [1.807, 2.05) is 0 Å². The highest BCUT2D eigenvalue weighted by molar-refractivity contribution is 5.16. The van der Waals surface area contributed by atoms with Gasteiger partial charge in [-0.1, -0.05) is 57.6 Å². The third-order valence-corrected chi connectivity index (χ3v) is 4.33. The number of methoxy groups -OCH3 is 2. The van der Waals surface area contributed by atoms with Crippen molar-refractivity contribution in [3.8, 4) is 0 Å². The van der Waals surface area contributed by atoms with E-state index >= 15 is 0 Å². The minimum absolute atomic E-state index is 0.221. The van der Waals surface area contributed by atoms with Crippen LogP contribution in [0.5, 0.6) is 0 Å². The fourth-order valence-electron chi connectivity index (χ4n) is 2.75. The molecule has 0 heterocycles. The maximum atomic E-state index is 12.9. The van der Waals surface area contributed by atoms with Gasteiger partial charge in [0.05, 0.1) is 6.61 Å². The molecule has 0 fully saturated rings. The van der Waals surface area contributed by atoms with E-state index in [4.69, 9.17) is 14.2 Å². The van der Waals surface area contributed by atoms with Crippen LogP contribution < -0.4 is 0 Å². The molecular formula is C20H33FO3. The Bertz CT molecular complexity index is 415. The molecule has 0 amide bonds. The standard InChI is InChI=1S/C20H33FO3/c1-4-5-6-7-8-9-10-16-20(22-2,23-3)24-17-15-18-11-13-19(21)14-12-18/h11-14H,4-10,15-17H2,1-3H3. The second-order valence-corrected chi connectivity index (χ2v) is 6.19. The summed E-state index contributed by atoms with van der Waals surface area (Å²) in [7, 11) is 3.23. The van der Waals surface area contributed by atoms with Crippen LogP contribution in [0.3, 0.4) is 0 Å². The Morgan fingerprint density at radius 3 is 2.04 bits per heavy atom. The van der Waals surface area contributed by atoms with Crippen molar-refractivity contribution in [2.75, 3.05) is 20.8 Å². The van der Waals surface area contributed by atoms with E-state index in [1.165, 1.54) is 50.7 Å². The van der Waals surface area contributed by atoms with Crippen LogP contribution in [-0.2, 0) is 20.6 Å². The van der Waals surface area contributed by atoms with E-state index < -0.39 is 5.97 Å². The lowest BCUT2D eigenvalue weighted by Crippen LogP contribution is -2.37. The van der Waals surface area contributed by atoms with Crippen molar-refractivity contribution >= 4 is 0 Å². The molecule has 0 N–H and O–H groups in total. The zero-order chi connectivity index (χ0) is 17.7. The Labute approximate surface area is 146 Å². The molecule has 3 nitrogen and oxygen atoms in total. The van der Waals surface area contributed by atoms with Crippen molar-refractivity contribution in [1.29, 1.82) is 0 Å². The van der Waals surface area contributed by atoms with Gasteiger partial charge in [-0.25, -0.2) is 4.39 Å². The molecule has 0 bridgehead atoms. The van der Waals surface area contributed by atoms with E-state index in [1.54, 1.807) is 26.4 Å². The van der Waals surface area contributed by atoms with Crippen LogP contribution in [0.4, 0.5) is 4.39 Å². The maximum Gasteiger partial charge on any atom is 0.282 e. The molecule has 4 heteroatoms. The SMILES string of the molecule is CCCCCCCCCC(OC)(OC)OCCc1ccc(F)cc1. The Kier molecular flexibility index (Phi) is 10.9. The molecule has 0 aromatic heterocycles. The summed E-state index contributed by atoms with van der Waals surface area (Å²) in [5.41, 5.74) is 1.04. The van der Waals surface area contributed by atoms with Gasteiger partial charge in [-0.05, 0) is 30.5 Å². The first-order valence-electron chi connectivity index (χ1n) is 9.14. The number of ether oxygens (including phenoxy) is 3. The van der Waals surface area contributed by atoms with Crippen LogP contribution in [0, 0.1) is 5.82 Å². The fourth-order valence-corrected chi connectivity index (χ4v) is 2.75. The van der Waals surface area contributed by atoms with Crippen LogP contribution in [0.15, 0.2) is 24.3 Å². The molecule has 0 aliphatic heterocycles. The Morgan fingerprint density at radius 1 is 0.875 bits per heavy atom. The van der Waals surface area contributed by atoms with E-state index in [0.717, 1.165) is 18.4 Å². The number of benzene rings is 1. The van der Waals surface area contributed by atoms with Gasteiger partial charge in [-0.15, -0.1) is 0 Å². The summed E-state index contributed by atoms with van der Waals surface area (Å²) in [5.74, 6) is -1.19. The summed E-state index contributed by atoms with van der Waals surface area (Å²) in [5, 5.41) is 0. The molecular weight excluding hydrogens is 307 g/mol. The molecule has 0 spiro atoms. The van der Waals surface area contributed by atoms with Crippen LogP contribution in [0.1, 0.15) is 63.9 Å². The number of hydrogen-bond acceptors (Lipinski definition) is 3. The van der Waals surface area contributed by atoms with E-state index in [-0.39, 0.29) is 5.82 Å². The zero-order valence-electron chi connectivity index (χ0n) is 15.5. The average Bonchev–Trinajstić information content (AvgIpc) is 2.61. The van der Waals surface area contributed by atoms with Gasteiger partial charge in [-0.2, -0.15) is 0 Å². The first-order chi connectivity index (χ1) is 11.7. The van der Waals surface area contributed by atoms with Crippen molar-refractivity contribution in [1.82, 2.24) is 0 Å². The molecule has 1 aromatic carbocycles. The molecule has 0 atom stereocenters. The quantitative estimate of drug-likeness (QED) is 0.332. The highest BCUT2D eigenvalue weighted by Crippen LogP contribution is 2.23. The minimum Gasteiger partial charge on any atom is -0.331 e. The van der Waals surface area contributed by atoms with Gasteiger partial charge < -0.3 is 14.2 Å². The largest absolute Gasteiger partial charge is 0.331 e. The molecule has 1 rings (SSSR count). The highest BCUT2D eigenvalue weighted by Gasteiger charge is 2.30. The fraction of sp³-hybridized carbons (Fsp3) is 0.700. The Hall–Kier alpha value is -0.970. The second-order valence-electron chi connectivity index (χ2n) is 6.19. The first-order valence-corrected chi connectivity index (χ1v) is 9.14. The van der Waals surface area contributed by atoms with Crippen molar-refractivity contribution in [2.24, 2.45) is 0 Å². The molecule has 0 aliphatic carbocycles. The van der Waals surface area contributed by atoms with Crippen LogP contribution in [-0.4, -0.2) is 26.8 Å². The summed E-state index contributed by atoms with van der Waals surface area (Å²) in [4.78, 5) is 0. The topological polar surface area (TPSA) is 27.7 Å². The summed E-state index contributed by atoms with van der Waals surface area (Å²) in [6.45, 7) is 2.71. The summed E-state index contributed by atoms with van der Waals surface area (Å²) >= 11 is 0. The lowest BCUT2D eigenvalue weighted by molar-refractivity contribution is -0.365. The van der Waals surface area contributed by atoms with Crippen LogP contribution >= 0.6 is 0 Å². The molecule has 24 heavy (non-hydrogen) atoms. The van der Waals surface area contributed by atoms with Crippen molar-refractivity contribution in [3.63, 3.8) is 0 Å². The molecule has 0 unspecified atom stereocenters. The smallest absolute Gasteiger partial charge is 0.282 e. The molecule has 0 aliphatic rings. The van der Waals surface area contributed by atoms with Gasteiger partial charge in [0.1, 0.15) is 5.82 Å². The number of halogens is 1. The highest BCUT2D eigenvalue weighted by atomic mass is 19.1. The van der Waals surface area contributed by atoms with Gasteiger partial charge in [0.2, 0.25) is 0 Å². The predicted molar refractivity (Wildman–Crippen MR) is 95.4 cm³/mol. The summed E-state index contributed by atoms with van der Waals surface area (Å²) in [6, 6.07) is 6.48. The van der Waals surface area contributed by atoms with Gasteiger partial charge in [-0.3, -0.25) is 0 Å².